The van der Waals surface area contributed by atoms with Crippen LogP contribution in [0.25, 0.3) is 0 Å². The van der Waals surface area contributed by atoms with Gasteiger partial charge in [0.25, 0.3) is 0 Å². The van der Waals surface area contributed by atoms with Gasteiger partial charge in [-0.15, -0.1) is 0 Å². The van der Waals surface area contributed by atoms with E-state index >= 15 is 0 Å². The van der Waals surface area contributed by atoms with Crippen LogP contribution < -0.4 is 34.7 Å². The second kappa shape index (κ2) is 13.0. The van der Waals surface area contributed by atoms with Crippen molar-refractivity contribution in [2.45, 2.75) is 46.0 Å². The maximum Gasteiger partial charge on any atom is 1.00 e. The van der Waals surface area contributed by atoms with Gasteiger partial charge >= 0.3 is 29.6 Å². The minimum absolute atomic E-state index is 0. The van der Waals surface area contributed by atoms with E-state index in [0.29, 0.717) is 0 Å². The minimum atomic E-state index is -1.14. The Morgan fingerprint density at radius 2 is 1.88 bits per heavy atom. The van der Waals surface area contributed by atoms with Gasteiger partial charge in [-0.2, -0.15) is 0 Å². The number of carbonyl (C=O) groups is 1. The third kappa shape index (κ3) is 16.4. The van der Waals surface area contributed by atoms with Crippen molar-refractivity contribution in [2.24, 2.45) is 5.92 Å². The van der Waals surface area contributed by atoms with Gasteiger partial charge in [0, 0.05) is 0 Å². The molecule has 0 N–H and O–H groups in total. The van der Waals surface area contributed by atoms with Crippen LogP contribution in [0.1, 0.15) is 46.0 Å². The van der Waals surface area contributed by atoms with Crippen LogP contribution in [0.3, 0.4) is 0 Å². The van der Waals surface area contributed by atoms with Crippen molar-refractivity contribution in [3.63, 3.8) is 0 Å². The largest absolute Gasteiger partial charge is 1.00 e. The summed E-state index contributed by atoms with van der Waals surface area (Å²) in [5.41, 5.74) is 0. The number of hydrogen-bond acceptors (Lipinski definition) is 2. The molecule has 0 aliphatic heterocycles. The smallest absolute Gasteiger partial charge is 0.545 e. The van der Waals surface area contributed by atoms with E-state index in [1.165, 1.54) is 31.8 Å². The SMILES string of the molecule is CC(C)CCCCCC=CC=CC(=O)[O-].[Na+]. The predicted octanol–water partition coefficient (Wildman–Crippen LogP) is -0.541. The van der Waals surface area contributed by atoms with Crippen molar-refractivity contribution in [3.8, 4) is 0 Å². The van der Waals surface area contributed by atoms with Crippen LogP contribution in [0.15, 0.2) is 24.3 Å². The van der Waals surface area contributed by atoms with Gasteiger partial charge in [0.2, 0.25) is 0 Å². The van der Waals surface area contributed by atoms with Crippen molar-refractivity contribution in [3.05, 3.63) is 24.3 Å². The molecule has 3 heteroatoms. The predicted molar refractivity (Wildman–Crippen MR) is 61.2 cm³/mol. The monoisotopic (exact) mass is 232 g/mol. The number of rotatable bonds is 8. The molecule has 16 heavy (non-hydrogen) atoms. The van der Waals surface area contributed by atoms with Gasteiger partial charge in [0.1, 0.15) is 0 Å². The van der Waals surface area contributed by atoms with Crippen molar-refractivity contribution >= 4 is 5.97 Å². The van der Waals surface area contributed by atoms with Gasteiger partial charge in [0.05, 0.1) is 5.97 Å². The molecule has 0 fully saturated rings. The van der Waals surface area contributed by atoms with Crippen LogP contribution >= 0.6 is 0 Å². The molecule has 0 amide bonds. The van der Waals surface area contributed by atoms with E-state index < -0.39 is 5.97 Å². The number of hydrogen-bond donors (Lipinski definition) is 0. The second-order valence-electron chi connectivity index (χ2n) is 4.14. The summed E-state index contributed by atoms with van der Waals surface area (Å²) in [5, 5.41) is 10.0. The third-order valence-corrected chi connectivity index (χ3v) is 2.13. The Balaban J connectivity index is 0. The molecule has 0 atom stereocenters. The summed E-state index contributed by atoms with van der Waals surface area (Å²) in [4.78, 5) is 10.0. The Kier molecular flexibility index (Phi) is 14.9. The van der Waals surface area contributed by atoms with Crippen LogP contribution in [0.2, 0.25) is 0 Å². The molecule has 0 bridgehead atoms. The number of aliphatic carboxylic acids is 1. The first-order valence-corrected chi connectivity index (χ1v) is 5.67. The number of carboxylic acid groups (broad SMARTS) is 1. The van der Waals surface area contributed by atoms with E-state index in [1.54, 1.807) is 6.08 Å². The Bertz CT molecular complexity index is 220. The van der Waals surface area contributed by atoms with E-state index in [-0.39, 0.29) is 29.6 Å². The zero-order valence-corrected chi connectivity index (χ0v) is 12.7. The molecule has 0 saturated carbocycles. The molecule has 0 saturated heterocycles. The molecular formula is C13H21NaO2. The average molecular weight is 232 g/mol. The van der Waals surface area contributed by atoms with Crippen molar-refractivity contribution in [2.75, 3.05) is 0 Å². The molecule has 0 heterocycles. The molecule has 0 aromatic heterocycles. The summed E-state index contributed by atoms with van der Waals surface area (Å²) in [5.74, 6) is -0.344. The standard InChI is InChI=1S/C13H22O2.Na/c1-12(2)10-8-6-4-3-5-7-9-11-13(14)15;/h5,7,9,11-12H,3-4,6,8,10H2,1-2H3,(H,14,15);/q;+1/p-1. The molecule has 2 nitrogen and oxygen atoms in total. The van der Waals surface area contributed by atoms with E-state index in [4.69, 9.17) is 0 Å². The molecule has 0 radical (unpaired) electrons. The van der Waals surface area contributed by atoms with Crippen LogP contribution in [0, 0.1) is 5.92 Å². The molecule has 0 aromatic carbocycles. The number of unbranched alkanes of at least 4 members (excludes halogenated alkanes) is 3. The van der Waals surface area contributed by atoms with Crippen molar-refractivity contribution in [1.82, 2.24) is 0 Å². The van der Waals surface area contributed by atoms with E-state index in [2.05, 4.69) is 13.8 Å². The van der Waals surface area contributed by atoms with Gasteiger partial charge in [-0.3, -0.25) is 0 Å². The fourth-order valence-electron chi connectivity index (χ4n) is 1.30. The summed E-state index contributed by atoms with van der Waals surface area (Å²) < 4.78 is 0. The zero-order valence-electron chi connectivity index (χ0n) is 10.7. The number of allylic oxidation sites excluding steroid dienone is 3. The number of carbonyl (C=O) groups excluding carboxylic acids is 1. The van der Waals surface area contributed by atoms with Gasteiger partial charge in [-0.25, -0.2) is 0 Å². The third-order valence-electron chi connectivity index (χ3n) is 2.13. The zero-order chi connectivity index (χ0) is 11.5. The maximum atomic E-state index is 10.0. The average Bonchev–Trinajstić information content (AvgIpc) is 2.14. The molecular weight excluding hydrogens is 211 g/mol. The topological polar surface area (TPSA) is 40.1 Å². The number of carboxylic acids is 1. The Hall–Kier alpha value is -0.0500. The maximum absolute atomic E-state index is 10.0. The first-order chi connectivity index (χ1) is 7.13. The Morgan fingerprint density at radius 1 is 1.19 bits per heavy atom. The molecule has 0 rings (SSSR count). The summed E-state index contributed by atoms with van der Waals surface area (Å²) in [6, 6.07) is 0. The fraction of sp³-hybridized carbons (Fsp3) is 0.615. The summed E-state index contributed by atoms with van der Waals surface area (Å²) in [6.45, 7) is 4.48. The van der Waals surface area contributed by atoms with Crippen LogP contribution in [-0.4, -0.2) is 5.97 Å². The molecule has 0 aromatic rings. The summed E-state index contributed by atoms with van der Waals surface area (Å²) in [7, 11) is 0. The van der Waals surface area contributed by atoms with Crippen LogP contribution in [0.4, 0.5) is 0 Å². The Morgan fingerprint density at radius 3 is 2.44 bits per heavy atom. The normalized spacial score (nSPS) is 11.2. The molecule has 0 aliphatic rings. The van der Waals surface area contributed by atoms with E-state index in [9.17, 15) is 9.90 Å². The van der Waals surface area contributed by atoms with Crippen molar-refractivity contribution < 1.29 is 39.5 Å². The summed E-state index contributed by atoms with van der Waals surface area (Å²) >= 11 is 0. The molecule has 0 spiro atoms. The van der Waals surface area contributed by atoms with Gasteiger partial charge in [-0.05, 0) is 24.8 Å². The first-order valence-electron chi connectivity index (χ1n) is 5.67. The fourth-order valence-corrected chi connectivity index (χ4v) is 1.30. The summed E-state index contributed by atoms with van der Waals surface area (Å²) in [6.07, 6.45) is 12.4. The quantitative estimate of drug-likeness (QED) is 0.244. The molecule has 0 unspecified atom stereocenters. The van der Waals surface area contributed by atoms with Gasteiger partial charge in [0.15, 0.2) is 0 Å². The van der Waals surface area contributed by atoms with Crippen LogP contribution in [-0.2, 0) is 4.79 Å². The second-order valence-corrected chi connectivity index (χ2v) is 4.14. The van der Waals surface area contributed by atoms with E-state index in [0.717, 1.165) is 18.4 Å². The van der Waals surface area contributed by atoms with Gasteiger partial charge < -0.3 is 9.90 Å². The molecule has 0 aliphatic carbocycles. The minimum Gasteiger partial charge on any atom is -0.545 e. The van der Waals surface area contributed by atoms with Crippen molar-refractivity contribution in [1.29, 1.82) is 0 Å². The van der Waals surface area contributed by atoms with Crippen LogP contribution in [0.5, 0.6) is 0 Å². The van der Waals surface area contributed by atoms with E-state index in [1.807, 2.05) is 6.08 Å². The molecule has 86 valence electrons. The first kappa shape index (κ1) is 18.3. The van der Waals surface area contributed by atoms with Gasteiger partial charge in [-0.1, -0.05) is 51.3 Å². The Labute approximate surface area is 121 Å².